The lowest BCUT2D eigenvalue weighted by Crippen LogP contribution is -2.18. The fraction of sp³-hybridized carbons (Fsp3) is 0.500. The fourth-order valence-electron chi connectivity index (χ4n) is 2.41. The van der Waals surface area contributed by atoms with Crippen LogP contribution in [0.4, 0.5) is 5.69 Å². The standard InChI is InChI=1S/C14H19NO2/c16-13-8-6-12(7-9-13)15-14(17)10-11-4-2-1-3-5-11/h6-9,11,16H,1-5,10H2,(H,15,17). The van der Waals surface area contributed by atoms with Crippen LogP contribution in [0.25, 0.3) is 0 Å². The van der Waals surface area contributed by atoms with Crippen molar-refractivity contribution in [2.75, 3.05) is 5.32 Å². The second-order valence-electron chi connectivity index (χ2n) is 4.80. The Labute approximate surface area is 102 Å². The topological polar surface area (TPSA) is 49.3 Å². The van der Waals surface area contributed by atoms with E-state index in [2.05, 4.69) is 5.32 Å². The number of nitrogens with one attached hydrogen (secondary N) is 1. The normalized spacial score (nSPS) is 16.7. The number of amides is 1. The van der Waals surface area contributed by atoms with Crippen LogP contribution in [-0.4, -0.2) is 11.0 Å². The highest BCUT2D eigenvalue weighted by molar-refractivity contribution is 5.90. The minimum Gasteiger partial charge on any atom is -0.508 e. The fourth-order valence-corrected chi connectivity index (χ4v) is 2.41. The Morgan fingerprint density at radius 3 is 2.47 bits per heavy atom. The molecule has 2 N–H and O–H groups in total. The highest BCUT2D eigenvalue weighted by Crippen LogP contribution is 2.26. The first-order valence-corrected chi connectivity index (χ1v) is 6.33. The number of phenolic OH excluding ortho intramolecular Hbond substituents is 1. The molecule has 0 spiro atoms. The van der Waals surface area contributed by atoms with Gasteiger partial charge in [-0.15, -0.1) is 0 Å². The van der Waals surface area contributed by atoms with Crippen LogP contribution in [-0.2, 0) is 4.79 Å². The van der Waals surface area contributed by atoms with E-state index in [1.807, 2.05) is 0 Å². The van der Waals surface area contributed by atoms with E-state index in [9.17, 15) is 4.79 Å². The lowest BCUT2D eigenvalue weighted by molar-refractivity contribution is -0.117. The lowest BCUT2D eigenvalue weighted by atomic mass is 9.87. The van der Waals surface area contributed by atoms with Crippen LogP contribution in [0.5, 0.6) is 5.75 Å². The van der Waals surface area contributed by atoms with Crippen LogP contribution in [0.3, 0.4) is 0 Å². The molecule has 0 unspecified atom stereocenters. The smallest absolute Gasteiger partial charge is 0.224 e. The third-order valence-electron chi connectivity index (χ3n) is 3.35. The third kappa shape index (κ3) is 3.77. The second kappa shape index (κ2) is 5.71. The molecular formula is C14H19NO2. The summed E-state index contributed by atoms with van der Waals surface area (Å²) in [4.78, 5) is 11.8. The van der Waals surface area contributed by atoms with Gasteiger partial charge in [0.15, 0.2) is 0 Å². The van der Waals surface area contributed by atoms with Gasteiger partial charge in [0.05, 0.1) is 0 Å². The van der Waals surface area contributed by atoms with Crippen molar-refractivity contribution in [3.8, 4) is 5.75 Å². The van der Waals surface area contributed by atoms with Gasteiger partial charge < -0.3 is 10.4 Å². The summed E-state index contributed by atoms with van der Waals surface area (Å²) in [6.45, 7) is 0. The number of carbonyl (C=O) groups excluding carboxylic acids is 1. The van der Waals surface area contributed by atoms with E-state index in [4.69, 9.17) is 5.11 Å². The molecule has 0 radical (unpaired) electrons. The molecule has 0 aliphatic heterocycles. The van der Waals surface area contributed by atoms with Crippen molar-refractivity contribution in [2.24, 2.45) is 5.92 Å². The van der Waals surface area contributed by atoms with Crippen molar-refractivity contribution in [3.05, 3.63) is 24.3 Å². The predicted molar refractivity (Wildman–Crippen MR) is 67.9 cm³/mol. The van der Waals surface area contributed by atoms with Gasteiger partial charge in [0, 0.05) is 12.1 Å². The number of hydrogen-bond acceptors (Lipinski definition) is 2. The Balaban J connectivity index is 1.82. The molecule has 1 aromatic carbocycles. The zero-order chi connectivity index (χ0) is 12.1. The van der Waals surface area contributed by atoms with Crippen LogP contribution < -0.4 is 5.32 Å². The number of carbonyl (C=O) groups is 1. The molecule has 0 aromatic heterocycles. The summed E-state index contributed by atoms with van der Waals surface area (Å²) < 4.78 is 0. The Kier molecular flexibility index (Phi) is 4.02. The van der Waals surface area contributed by atoms with Gasteiger partial charge in [-0.3, -0.25) is 4.79 Å². The Morgan fingerprint density at radius 1 is 1.18 bits per heavy atom. The van der Waals surface area contributed by atoms with Gasteiger partial charge in [0.25, 0.3) is 0 Å². The van der Waals surface area contributed by atoms with Crippen molar-refractivity contribution in [1.29, 1.82) is 0 Å². The van der Waals surface area contributed by atoms with Crippen molar-refractivity contribution < 1.29 is 9.90 Å². The number of benzene rings is 1. The van der Waals surface area contributed by atoms with Gasteiger partial charge in [-0.2, -0.15) is 0 Å². The Bertz CT molecular complexity index is 366. The second-order valence-corrected chi connectivity index (χ2v) is 4.80. The molecule has 1 aliphatic rings. The van der Waals surface area contributed by atoms with Crippen LogP contribution >= 0.6 is 0 Å². The molecular weight excluding hydrogens is 214 g/mol. The average Bonchev–Trinajstić information content (AvgIpc) is 2.33. The summed E-state index contributed by atoms with van der Waals surface area (Å²) >= 11 is 0. The van der Waals surface area contributed by atoms with Gasteiger partial charge in [-0.05, 0) is 43.0 Å². The van der Waals surface area contributed by atoms with E-state index in [1.165, 1.54) is 32.1 Å². The van der Waals surface area contributed by atoms with Gasteiger partial charge in [0.2, 0.25) is 5.91 Å². The first-order chi connectivity index (χ1) is 8.24. The van der Waals surface area contributed by atoms with Crippen LogP contribution in [0, 0.1) is 5.92 Å². The quantitative estimate of drug-likeness (QED) is 0.787. The maximum atomic E-state index is 11.8. The Morgan fingerprint density at radius 2 is 1.82 bits per heavy atom. The molecule has 1 aromatic rings. The molecule has 1 amide bonds. The molecule has 0 saturated heterocycles. The summed E-state index contributed by atoms with van der Waals surface area (Å²) in [7, 11) is 0. The van der Waals surface area contributed by atoms with Crippen LogP contribution in [0.1, 0.15) is 38.5 Å². The molecule has 3 nitrogen and oxygen atoms in total. The van der Waals surface area contributed by atoms with E-state index in [0.717, 1.165) is 5.69 Å². The van der Waals surface area contributed by atoms with Crippen LogP contribution in [0.2, 0.25) is 0 Å². The van der Waals surface area contributed by atoms with Gasteiger partial charge in [-0.25, -0.2) is 0 Å². The minimum atomic E-state index is 0.0857. The molecule has 2 rings (SSSR count). The zero-order valence-electron chi connectivity index (χ0n) is 9.98. The van der Waals surface area contributed by atoms with Crippen molar-refractivity contribution in [3.63, 3.8) is 0 Å². The monoisotopic (exact) mass is 233 g/mol. The average molecular weight is 233 g/mol. The van der Waals surface area contributed by atoms with Gasteiger partial charge >= 0.3 is 0 Å². The third-order valence-corrected chi connectivity index (χ3v) is 3.35. The summed E-state index contributed by atoms with van der Waals surface area (Å²) in [6, 6.07) is 6.59. The molecule has 92 valence electrons. The maximum Gasteiger partial charge on any atom is 0.224 e. The van der Waals surface area contributed by atoms with E-state index in [1.54, 1.807) is 24.3 Å². The molecule has 1 aliphatic carbocycles. The highest BCUT2D eigenvalue weighted by Gasteiger charge is 2.16. The summed E-state index contributed by atoms with van der Waals surface area (Å²) in [6.07, 6.45) is 6.83. The molecule has 0 bridgehead atoms. The van der Waals surface area contributed by atoms with Crippen molar-refractivity contribution >= 4 is 11.6 Å². The molecule has 0 atom stereocenters. The van der Waals surface area contributed by atoms with Crippen molar-refractivity contribution in [2.45, 2.75) is 38.5 Å². The molecule has 3 heteroatoms. The predicted octanol–water partition coefficient (Wildman–Crippen LogP) is 3.30. The first-order valence-electron chi connectivity index (χ1n) is 6.33. The van der Waals surface area contributed by atoms with E-state index < -0.39 is 0 Å². The zero-order valence-corrected chi connectivity index (χ0v) is 9.98. The van der Waals surface area contributed by atoms with Crippen molar-refractivity contribution in [1.82, 2.24) is 0 Å². The highest BCUT2D eigenvalue weighted by atomic mass is 16.3. The van der Waals surface area contributed by atoms with Gasteiger partial charge in [-0.1, -0.05) is 19.3 Å². The summed E-state index contributed by atoms with van der Waals surface area (Å²) in [5.41, 5.74) is 0.753. The minimum absolute atomic E-state index is 0.0857. The van der Waals surface area contributed by atoms with Crippen LogP contribution in [0.15, 0.2) is 24.3 Å². The summed E-state index contributed by atoms with van der Waals surface area (Å²) in [5, 5.41) is 12.0. The maximum absolute atomic E-state index is 11.8. The number of anilines is 1. The number of phenols is 1. The Hall–Kier alpha value is -1.51. The molecule has 0 heterocycles. The van der Waals surface area contributed by atoms with Gasteiger partial charge in [0.1, 0.15) is 5.75 Å². The largest absolute Gasteiger partial charge is 0.508 e. The van der Waals surface area contributed by atoms with E-state index in [-0.39, 0.29) is 11.7 Å². The number of aromatic hydroxyl groups is 1. The number of hydrogen-bond donors (Lipinski definition) is 2. The number of rotatable bonds is 3. The summed E-state index contributed by atoms with van der Waals surface area (Å²) in [5.74, 6) is 0.860. The molecule has 1 fully saturated rings. The lowest BCUT2D eigenvalue weighted by Gasteiger charge is -2.20. The molecule has 17 heavy (non-hydrogen) atoms. The van der Waals surface area contributed by atoms with E-state index >= 15 is 0 Å². The molecule has 1 saturated carbocycles. The van der Waals surface area contributed by atoms with E-state index in [0.29, 0.717) is 12.3 Å². The first kappa shape index (κ1) is 12.0. The SMILES string of the molecule is O=C(CC1CCCCC1)Nc1ccc(O)cc1.